The summed E-state index contributed by atoms with van der Waals surface area (Å²) in [6.07, 6.45) is 0. The van der Waals surface area contributed by atoms with Crippen LogP contribution in [0, 0.1) is 6.92 Å². The Hall–Kier alpha value is -1.28. The van der Waals surface area contributed by atoms with E-state index in [-0.39, 0.29) is 0 Å². The lowest BCUT2D eigenvalue weighted by Gasteiger charge is -1.93. The minimum absolute atomic E-state index is 0.892. The molecule has 0 amide bonds. The number of aryl methyl sites for hydroxylation is 1. The summed E-state index contributed by atoms with van der Waals surface area (Å²) in [5, 5.41) is 0. The maximum absolute atomic E-state index is 5.79. The molecule has 1 nitrogen and oxygen atoms in total. The average molecular weight is 189 g/mol. The van der Waals surface area contributed by atoms with E-state index >= 15 is 0 Å². The minimum atomic E-state index is 0.892. The van der Waals surface area contributed by atoms with Crippen molar-refractivity contribution in [3.63, 3.8) is 0 Å². The summed E-state index contributed by atoms with van der Waals surface area (Å²) in [5.41, 5.74) is 7.92. The van der Waals surface area contributed by atoms with Crippen molar-refractivity contribution in [2.75, 3.05) is 5.73 Å². The number of hydrogen-bond acceptors (Lipinski definition) is 2. The van der Waals surface area contributed by atoms with Gasteiger partial charge in [-0.05, 0) is 18.6 Å². The summed E-state index contributed by atoms with van der Waals surface area (Å²) in [6, 6.07) is 12.3. The van der Waals surface area contributed by atoms with Gasteiger partial charge < -0.3 is 5.73 Å². The van der Waals surface area contributed by atoms with Crippen LogP contribution in [-0.2, 0) is 0 Å². The van der Waals surface area contributed by atoms with Crippen molar-refractivity contribution >= 4 is 17.0 Å². The van der Waals surface area contributed by atoms with E-state index in [1.54, 1.807) is 11.3 Å². The van der Waals surface area contributed by atoms with Crippen LogP contribution in [0.1, 0.15) is 4.88 Å². The van der Waals surface area contributed by atoms with Crippen molar-refractivity contribution in [1.29, 1.82) is 0 Å². The van der Waals surface area contributed by atoms with E-state index in [4.69, 9.17) is 5.73 Å². The molecule has 0 radical (unpaired) electrons. The van der Waals surface area contributed by atoms with E-state index in [0.717, 1.165) is 5.69 Å². The highest BCUT2D eigenvalue weighted by Gasteiger charge is 2.03. The Labute approximate surface area is 81.8 Å². The molecule has 0 unspecified atom stereocenters. The standard InChI is InChI=1S/C11H11NS/c1-8-10(12)7-11(13-8)9-5-3-2-4-6-9/h2-7H,12H2,1H3. The first kappa shape index (κ1) is 8.32. The third-order valence-corrected chi connectivity index (χ3v) is 3.13. The van der Waals surface area contributed by atoms with E-state index in [0.29, 0.717) is 0 Å². The maximum atomic E-state index is 5.79. The second kappa shape index (κ2) is 3.23. The van der Waals surface area contributed by atoms with Gasteiger partial charge in [0.15, 0.2) is 0 Å². The number of thiophene rings is 1. The molecule has 0 aliphatic rings. The molecule has 0 aliphatic heterocycles. The molecule has 1 heterocycles. The van der Waals surface area contributed by atoms with Gasteiger partial charge in [-0.1, -0.05) is 30.3 Å². The molecular weight excluding hydrogens is 178 g/mol. The maximum Gasteiger partial charge on any atom is 0.0459 e. The van der Waals surface area contributed by atoms with Gasteiger partial charge in [-0.3, -0.25) is 0 Å². The predicted octanol–water partition coefficient (Wildman–Crippen LogP) is 3.31. The van der Waals surface area contributed by atoms with Gasteiger partial charge in [0, 0.05) is 15.4 Å². The molecule has 0 atom stereocenters. The van der Waals surface area contributed by atoms with E-state index in [1.165, 1.54) is 15.3 Å². The Balaban J connectivity index is 2.48. The van der Waals surface area contributed by atoms with E-state index < -0.39 is 0 Å². The Morgan fingerprint density at radius 3 is 2.38 bits per heavy atom. The smallest absolute Gasteiger partial charge is 0.0459 e. The molecule has 0 aliphatic carbocycles. The van der Waals surface area contributed by atoms with E-state index in [2.05, 4.69) is 12.1 Å². The lowest BCUT2D eigenvalue weighted by atomic mass is 10.2. The summed E-state index contributed by atoms with van der Waals surface area (Å²) in [7, 11) is 0. The fourth-order valence-corrected chi connectivity index (χ4v) is 2.19. The lowest BCUT2D eigenvalue weighted by Crippen LogP contribution is -1.80. The van der Waals surface area contributed by atoms with Crippen molar-refractivity contribution in [3.05, 3.63) is 41.3 Å². The number of anilines is 1. The second-order valence-corrected chi connectivity index (χ2v) is 4.24. The minimum Gasteiger partial charge on any atom is -0.398 e. The first-order valence-corrected chi connectivity index (χ1v) is 5.00. The Bertz CT molecular complexity index is 384. The van der Waals surface area contributed by atoms with Crippen LogP contribution in [0.4, 0.5) is 5.69 Å². The third kappa shape index (κ3) is 1.58. The van der Waals surface area contributed by atoms with Gasteiger partial charge in [0.1, 0.15) is 0 Å². The molecule has 13 heavy (non-hydrogen) atoms. The molecule has 1 aromatic heterocycles. The zero-order valence-electron chi connectivity index (χ0n) is 7.45. The number of rotatable bonds is 1. The van der Waals surface area contributed by atoms with Gasteiger partial charge in [-0.25, -0.2) is 0 Å². The topological polar surface area (TPSA) is 26.0 Å². The Morgan fingerprint density at radius 2 is 1.85 bits per heavy atom. The predicted molar refractivity (Wildman–Crippen MR) is 58.9 cm³/mol. The van der Waals surface area contributed by atoms with Gasteiger partial charge in [-0.15, -0.1) is 11.3 Å². The van der Waals surface area contributed by atoms with Gasteiger partial charge in [0.25, 0.3) is 0 Å². The van der Waals surface area contributed by atoms with Gasteiger partial charge in [-0.2, -0.15) is 0 Å². The zero-order chi connectivity index (χ0) is 9.26. The molecule has 0 fully saturated rings. The highest BCUT2D eigenvalue weighted by atomic mass is 32.1. The monoisotopic (exact) mass is 189 g/mol. The van der Waals surface area contributed by atoms with Crippen molar-refractivity contribution in [2.45, 2.75) is 6.92 Å². The van der Waals surface area contributed by atoms with E-state index in [9.17, 15) is 0 Å². The van der Waals surface area contributed by atoms with Gasteiger partial charge in [0.05, 0.1) is 0 Å². The summed E-state index contributed by atoms with van der Waals surface area (Å²) >= 11 is 1.74. The molecular formula is C11H11NS. The summed E-state index contributed by atoms with van der Waals surface area (Å²) in [6.45, 7) is 2.05. The highest BCUT2D eigenvalue weighted by Crippen LogP contribution is 2.31. The summed E-state index contributed by atoms with van der Waals surface area (Å²) < 4.78 is 0. The number of hydrogen-bond donors (Lipinski definition) is 1. The number of benzene rings is 1. The van der Waals surface area contributed by atoms with Gasteiger partial charge in [0.2, 0.25) is 0 Å². The van der Waals surface area contributed by atoms with Crippen LogP contribution < -0.4 is 5.73 Å². The molecule has 2 aromatic rings. The van der Waals surface area contributed by atoms with E-state index in [1.807, 2.05) is 31.2 Å². The third-order valence-electron chi connectivity index (χ3n) is 2.01. The van der Waals surface area contributed by atoms with Crippen molar-refractivity contribution in [3.8, 4) is 10.4 Å². The number of nitrogen functional groups attached to an aromatic ring is 1. The zero-order valence-corrected chi connectivity index (χ0v) is 8.27. The first-order chi connectivity index (χ1) is 6.27. The molecule has 2 N–H and O–H groups in total. The molecule has 0 bridgehead atoms. The SMILES string of the molecule is Cc1sc(-c2ccccc2)cc1N. The summed E-state index contributed by atoms with van der Waals surface area (Å²) in [4.78, 5) is 2.44. The Kier molecular flexibility index (Phi) is 2.07. The molecule has 2 heteroatoms. The highest BCUT2D eigenvalue weighted by molar-refractivity contribution is 7.16. The first-order valence-electron chi connectivity index (χ1n) is 4.18. The average Bonchev–Trinajstić information content (AvgIpc) is 2.49. The fraction of sp³-hybridized carbons (Fsp3) is 0.0909. The van der Waals surface area contributed by atoms with Crippen LogP contribution in [0.25, 0.3) is 10.4 Å². The molecule has 66 valence electrons. The molecule has 1 aromatic carbocycles. The van der Waals surface area contributed by atoms with Gasteiger partial charge >= 0.3 is 0 Å². The summed E-state index contributed by atoms with van der Waals surface area (Å²) in [5.74, 6) is 0. The van der Waals surface area contributed by atoms with Crippen molar-refractivity contribution in [1.82, 2.24) is 0 Å². The number of nitrogens with two attached hydrogens (primary N) is 1. The molecule has 2 rings (SSSR count). The van der Waals surface area contributed by atoms with Crippen LogP contribution in [-0.4, -0.2) is 0 Å². The quantitative estimate of drug-likeness (QED) is 0.731. The lowest BCUT2D eigenvalue weighted by molar-refractivity contribution is 1.62. The molecule has 0 saturated carbocycles. The van der Waals surface area contributed by atoms with Crippen LogP contribution in [0.5, 0.6) is 0 Å². The van der Waals surface area contributed by atoms with Crippen LogP contribution in [0.3, 0.4) is 0 Å². The van der Waals surface area contributed by atoms with Crippen LogP contribution in [0.15, 0.2) is 36.4 Å². The Morgan fingerprint density at radius 1 is 1.15 bits per heavy atom. The fourth-order valence-electron chi connectivity index (χ4n) is 1.24. The van der Waals surface area contributed by atoms with Crippen LogP contribution in [0.2, 0.25) is 0 Å². The normalized spacial score (nSPS) is 10.2. The van der Waals surface area contributed by atoms with Crippen LogP contribution >= 0.6 is 11.3 Å². The molecule has 0 saturated heterocycles. The molecule has 0 spiro atoms. The second-order valence-electron chi connectivity index (χ2n) is 2.99. The van der Waals surface area contributed by atoms with Crippen molar-refractivity contribution < 1.29 is 0 Å². The van der Waals surface area contributed by atoms with Crippen molar-refractivity contribution in [2.24, 2.45) is 0 Å². The largest absolute Gasteiger partial charge is 0.398 e.